The number of unbranched alkanes of at least 4 members (excludes halogenated alkanes) is 1. The van der Waals surface area contributed by atoms with Gasteiger partial charge in [0.1, 0.15) is 11.5 Å². The van der Waals surface area contributed by atoms with E-state index in [9.17, 15) is 18.9 Å². The standard InChI is InChI=1S/C26H37N4O6P/c1-6-16-30-25(32)23(28-22(31)15-14-21-19(4)12-11-13-20(21)5)24(27)29(26(30)33)17-9-10-18-37(34,35-7-2)36-8-3/h1,11-13H,7-10,14-18,27H2,2-5H3,(H,28,31). The first kappa shape index (κ1) is 30.1. The fourth-order valence-corrected chi connectivity index (χ4v) is 5.83. The number of hydrogen-bond donors (Lipinski definition) is 2. The molecule has 0 atom stereocenters. The SMILES string of the molecule is C#CCn1c(=O)c(NC(=O)CCc2c(C)cccc2C)c(N)n(CCCCP(=O)(OCC)OCC)c1=O. The maximum absolute atomic E-state index is 13.0. The fraction of sp³-hybridized carbons (Fsp3) is 0.500. The van der Waals surface area contributed by atoms with E-state index in [0.717, 1.165) is 21.3 Å². The van der Waals surface area contributed by atoms with Gasteiger partial charge in [0, 0.05) is 13.0 Å². The number of nitrogens with one attached hydrogen (secondary N) is 1. The van der Waals surface area contributed by atoms with Crippen LogP contribution in [0.4, 0.5) is 11.5 Å². The fourth-order valence-electron chi connectivity index (χ4n) is 4.10. The topological polar surface area (TPSA) is 135 Å². The lowest BCUT2D eigenvalue weighted by Crippen LogP contribution is -2.42. The Hall–Kier alpha value is -3.12. The number of rotatable bonds is 14. The number of aromatic nitrogens is 2. The van der Waals surface area contributed by atoms with Gasteiger partial charge in [0.15, 0.2) is 0 Å². The molecule has 0 aliphatic rings. The normalized spacial score (nSPS) is 11.3. The van der Waals surface area contributed by atoms with Crippen molar-refractivity contribution in [3.05, 3.63) is 55.7 Å². The highest BCUT2D eigenvalue weighted by molar-refractivity contribution is 7.53. The summed E-state index contributed by atoms with van der Waals surface area (Å²) in [5, 5.41) is 2.59. The molecule has 202 valence electrons. The van der Waals surface area contributed by atoms with Gasteiger partial charge in [-0.25, -0.2) is 9.36 Å². The third kappa shape index (κ3) is 7.93. The molecule has 2 rings (SSSR count). The molecule has 1 heterocycles. The van der Waals surface area contributed by atoms with Crippen LogP contribution in [-0.2, 0) is 37.9 Å². The Morgan fingerprint density at radius 3 is 2.30 bits per heavy atom. The van der Waals surface area contributed by atoms with Crippen LogP contribution < -0.4 is 22.3 Å². The largest absolute Gasteiger partial charge is 0.383 e. The minimum Gasteiger partial charge on any atom is -0.383 e. The Kier molecular flexibility index (Phi) is 11.4. The molecule has 1 aromatic heterocycles. The lowest BCUT2D eigenvalue weighted by molar-refractivity contribution is -0.116. The van der Waals surface area contributed by atoms with Crippen molar-refractivity contribution in [1.29, 1.82) is 0 Å². The molecule has 3 N–H and O–H groups in total. The van der Waals surface area contributed by atoms with Gasteiger partial charge in [0.25, 0.3) is 5.56 Å². The van der Waals surface area contributed by atoms with Crippen molar-refractivity contribution in [3.63, 3.8) is 0 Å². The van der Waals surface area contributed by atoms with Gasteiger partial charge in [0.05, 0.1) is 25.9 Å². The molecule has 0 saturated carbocycles. The predicted octanol–water partition coefficient (Wildman–Crippen LogP) is 3.46. The van der Waals surface area contributed by atoms with E-state index in [1.165, 1.54) is 4.57 Å². The van der Waals surface area contributed by atoms with E-state index >= 15 is 0 Å². The van der Waals surface area contributed by atoms with Gasteiger partial charge >= 0.3 is 13.3 Å². The molecule has 0 aliphatic heterocycles. The van der Waals surface area contributed by atoms with E-state index in [1.807, 2.05) is 32.0 Å². The predicted molar refractivity (Wildman–Crippen MR) is 146 cm³/mol. The van der Waals surface area contributed by atoms with Crippen LogP contribution in [0, 0.1) is 26.2 Å². The highest BCUT2D eigenvalue weighted by Gasteiger charge is 2.23. The monoisotopic (exact) mass is 532 g/mol. The van der Waals surface area contributed by atoms with Gasteiger partial charge < -0.3 is 20.1 Å². The number of aryl methyl sites for hydroxylation is 2. The van der Waals surface area contributed by atoms with Gasteiger partial charge in [-0.1, -0.05) is 24.1 Å². The minimum absolute atomic E-state index is 0.124. The number of benzene rings is 1. The minimum atomic E-state index is -3.22. The number of terminal acetylenes is 1. The summed E-state index contributed by atoms with van der Waals surface area (Å²) < 4.78 is 25.3. The van der Waals surface area contributed by atoms with Crippen LogP contribution in [-0.4, -0.2) is 34.4 Å². The number of carbonyl (C=O) groups excluding carboxylic acids is 1. The average molecular weight is 533 g/mol. The van der Waals surface area contributed by atoms with Crippen molar-refractivity contribution in [2.45, 2.75) is 66.5 Å². The number of hydrogen-bond acceptors (Lipinski definition) is 7. The molecule has 0 saturated heterocycles. The van der Waals surface area contributed by atoms with E-state index in [4.69, 9.17) is 21.2 Å². The maximum atomic E-state index is 13.0. The molecule has 0 fully saturated rings. The van der Waals surface area contributed by atoms with E-state index in [0.29, 0.717) is 19.3 Å². The highest BCUT2D eigenvalue weighted by Crippen LogP contribution is 2.48. The molecule has 0 unspecified atom stereocenters. The van der Waals surface area contributed by atoms with Gasteiger partial charge in [-0.05, 0) is 63.6 Å². The molecule has 1 amide bonds. The third-order valence-electron chi connectivity index (χ3n) is 5.94. The van der Waals surface area contributed by atoms with Crippen LogP contribution in [0.2, 0.25) is 0 Å². The smallest absolute Gasteiger partial charge is 0.333 e. The Labute approximate surface area is 217 Å². The van der Waals surface area contributed by atoms with E-state index in [2.05, 4.69) is 11.2 Å². The summed E-state index contributed by atoms with van der Waals surface area (Å²) in [6, 6.07) is 5.92. The van der Waals surface area contributed by atoms with E-state index < -0.39 is 24.8 Å². The molecular weight excluding hydrogens is 495 g/mol. The van der Waals surface area contributed by atoms with Crippen LogP contribution in [0.25, 0.3) is 0 Å². The summed E-state index contributed by atoms with van der Waals surface area (Å²) in [7, 11) is -3.22. The molecule has 37 heavy (non-hydrogen) atoms. The summed E-state index contributed by atoms with van der Waals surface area (Å²) in [5.74, 6) is 1.74. The number of nitrogen functional groups attached to an aromatic ring is 1. The molecule has 0 spiro atoms. The molecule has 10 nitrogen and oxygen atoms in total. The Bertz CT molecular complexity index is 1280. The lowest BCUT2D eigenvalue weighted by atomic mass is 9.98. The number of nitrogens with two attached hydrogens (primary N) is 1. The van der Waals surface area contributed by atoms with Crippen molar-refractivity contribution in [2.24, 2.45) is 0 Å². The van der Waals surface area contributed by atoms with Crippen molar-refractivity contribution in [2.75, 3.05) is 30.4 Å². The Morgan fingerprint density at radius 2 is 1.73 bits per heavy atom. The zero-order chi connectivity index (χ0) is 27.6. The number of carbonyl (C=O) groups is 1. The van der Waals surface area contributed by atoms with E-state index in [1.54, 1.807) is 13.8 Å². The van der Waals surface area contributed by atoms with Crippen LogP contribution >= 0.6 is 7.60 Å². The molecule has 0 aliphatic carbocycles. The summed E-state index contributed by atoms with van der Waals surface area (Å²) in [6.07, 6.45) is 6.99. The first-order valence-corrected chi connectivity index (χ1v) is 14.1. The number of nitrogens with zero attached hydrogens (tertiary/aromatic N) is 2. The van der Waals surface area contributed by atoms with Crippen LogP contribution in [0.3, 0.4) is 0 Å². The highest BCUT2D eigenvalue weighted by atomic mass is 31.2. The average Bonchev–Trinajstić information content (AvgIpc) is 2.84. The molecule has 0 bridgehead atoms. The quantitative estimate of drug-likeness (QED) is 0.216. The first-order valence-electron chi connectivity index (χ1n) is 12.4. The Morgan fingerprint density at radius 1 is 1.11 bits per heavy atom. The number of anilines is 2. The molecule has 11 heteroatoms. The van der Waals surface area contributed by atoms with Crippen LogP contribution in [0.1, 0.15) is 49.8 Å². The van der Waals surface area contributed by atoms with Crippen LogP contribution in [0.15, 0.2) is 27.8 Å². The van der Waals surface area contributed by atoms with Gasteiger partial charge in [-0.15, -0.1) is 6.42 Å². The summed E-state index contributed by atoms with van der Waals surface area (Å²) in [4.78, 5) is 38.7. The second kappa shape index (κ2) is 14.0. The first-order chi connectivity index (χ1) is 17.6. The van der Waals surface area contributed by atoms with Crippen molar-refractivity contribution < 1.29 is 18.4 Å². The summed E-state index contributed by atoms with van der Waals surface area (Å²) in [6.45, 7) is 7.80. The van der Waals surface area contributed by atoms with Crippen LogP contribution in [0.5, 0.6) is 0 Å². The zero-order valence-corrected chi connectivity index (χ0v) is 22.9. The third-order valence-corrected chi connectivity index (χ3v) is 8.11. The lowest BCUT2D eigenvalue weighted by Gasteiger charge is -2.18. The molecule has 0 radical (unpaired) electrons. The molecular formula is C26H37N4O6P. The Balaban J connectivity index is 2.23. The number of amides is 1. The second-order valence-corrected chi connectivity index (χ2v) is 10.8. The van der Waals surface area contributed by atoms with Crippen molar-refractivity contribution >= 4 is 25.0 Å². The van der Waals surface area contributed by atoms with E-state index in [-0.39, 0.29) is 50.4 Å². The molecule has 2 aromatic rings. The zero-order valence-electron chi connectivity index (χ0n) is 22.0. The van der Waals surface area contributed by atoms with Crippen molar-refractivity contribution in [3.8, 4) is 12.3 Å². The molecule has 1 aromatic carbocycles. The second-order valence-electron chi connectivity index (χ2n) is 8.59. The maximum Gasteiger partial charge on any atom is 0.333 e. The van der Waals surface area contributed by atoms with Gasteiger partial charge in [-0.3, -0.25) is 18.7 Å². The summed E-state index contributed by atoms with van der Waals surface area (Å²) in [5.41, 5.74) is 7.81. The van der Waals surface area contributed by atoms with Gasteiger partial charge in [-0.2, -0.15) is 0 Å². The summed E-state index contributed by atoms with van der Waals surface area (Å²) >= 11 is 0. The van der Waals surface area contributed by atoms with Crippen molar-refractivity contribution in [1.82, 2.24) is 9.13 Å². The van der Waals surface area contributed by atoms with Gasteiger partial charge in [0.2, 0.25) is 5.91 Å².